The Bertz CT molecular complexity index is 1110. The van der Waals surface area contributed by atoms with Gasteiger partial charge < -0.3 is 16.2 Å². The SMILES string of the molecule is Cc1c([C@H]2CCC[C@@H](F)[C@@H]2N)sc2c(NCc3cccs3)cc(Cl)nc12.O=C(O)C(F)(F)F. The lowest BCUT2D eigenvalue weighted by atomic mass is 9.82. The zero-order valence-corrected chi connectivity index (χ0v) is 19.8. The third-order valence-electron chi connectivity index (χ3n) is 5.37. The zero-order chi connectivity index (χ0) is 24.3. The molecule has 3 atom stereocenters. The molecule has 1 fully saturated rings. The lowest BCUT2D eigenvalue weighted by Crippen LogP contribution is -2.40. The molecule has 0 aliphatic heterocycles. The minimum absolute atomic E-state index is 0.0573. The molecule has 180 valence electrons. The Kier molecular flexibility index (Phi) is 8.20. The van der Waals surface area contributed by atoms with Crippen molar-refractivity contribution in [2.45, 2.75) is 57.0 Å². The van der Waals surface area contributed by atoms with Gasteiger partial charge in [0.1, 0.15) is 11.3 Å². The van der Waals surface area contributed by atoms with Crippen LogP contribution < -0.4 is 11.1 Å². The van der Waals surface area contributed by atoms with E-state index in [0.717, 1.165) is 45.7 Å². The van der Waals surface area contributed by atoms with Gasteiger partial charge in [-0.25, -0.2) is 14.2 Å². The number of nitrogens with one attached hydrogen (secondary N) is 1. The molecule has 0 amide bonds. The maximum Gasteiger partial charge on any atom is 0.490 e. The molecule has 1 saturated carbocycles. The average molecular weight is 524 g/mol. The normalized spacial score (nSPS) is 20.9. The Labute approximate surface area is 200 Å². The molecule has 33 heavy (non-hydrogen) atoms. The van der Waals surface area contributed by atoms with Crippen molar-refractivity contribution in [3.63, 3.8) is 0 Å². The highest BCUT2D eigenvalue weighted by atomic mass is 35.5. The summed E-state index contributed by atoms with van der Waals surface area (Å²) < 4.78 is 47.0. The van der Waals surface area contributed by atoms with Crippen LogP contribution >= 0.6 is 34.3 Å². The van der Waals surface area contributed by atoms with Crippen LogP contribution in [-0.4, -0.2) is 34.4 Å². The van der Waals surface area contributed by atoms with Crippen LogP contribution in [0.5, 0.6) is 0 Å². The third-order valence-corrected chi connectivity index (χ3v) is 7.88. The molecule has 0 aromatic carbocycles. The van der Waals surface area contributed by atoms with E-state index in [1.165, 1.54) is 4.88 Å². The second-order valence-corrected chi connectivity index (χ2v) is 10.1. The van der Waals surface area contributed by atoms with Crippen molar-refractivity contribution in [3.05, 3.63) is 44.1 Å². The van der Waals surface area contributed by atoms with Gasteiger partial charge in [0.05, 0.1) is 15.9 Å². The summed E-state index contributed by atoms with van der Waals surface area (Å²) in [4.78, 5) is 15.9. The van der Waals surface area contributed by atoms with Gasteiger partial charge in [-0.1, -0.05) is 17.7 Å². The van der Waals surface area contributed by atoms with Crippen molar-refractivity contribution >= 4 is 56.1 Å². The van der Waals surface area contributed by atoms with Crippen LogP contribution in [-0.2, 0) is 11.3 Å². The summed E-state index contributed by atoms with van der Waals surface area (Å²) in [5, 5.41) is 13.1. The predicted octanol–water partition coefficient (Wildman–Crippen LogP) is 6.50. The molecule has 0 saturated heterocycles. The zero-order valence-electron chi connectivity index (χ0n) is 17.5. The summed E-state index contributed by atoms with van der Waals surface area (Å²) in [7, 11) is 0. The Morgan fingerprint density at radius 3 is 2.70 bits per heavy atom. The highest BCUT2D eigenvalue weighted by Crippen LogP contribution is 2.44. The number of aryl methyl sites for hydroxylation is 1. The molecule has 3 heterocycles. The number of hydrogen-bond donors (Lipinski definition) is 3. The summed E-state index contributed by atoms with van der Waals surface area (Å²) in [6.45, 7) is 2.80. The number of carboxylic acid groups (broad SMARTS) is 1. The number of carboxylic acids is 1. The first kappa shape index (κ1) is 25.7. The van der Waals surface area contributed by atoms with E-state index in [-0.39, 0.29) is 5.92 Å². The molecule has 0 unspecified atom stereocenters. The highest BCUT2D eigenvalue weighted by Gasteiger charge is 2.38. The number of alkyl halides is 4. The van der Waals surface area contributed by atoms with Crippen LogP contribution in [0, 0.1) is 6.92 Å². The van der Waals surface area contributed by atoms with Crippen molar-refractivity contribution in [1.29, 1.82) is 0 Å². The molecule has 0 spiro atoms. The Morgan fingerprint density at radius 2 is 2.09 bits per heavy atom. The second-order valence-electron chi connectivity index (χ2n) is 7.63. The standard InChI is InChI=1S/C19H21ClFN3S2.C2HF3O2/c1-10-17-19(26-18(10)12-5-2-6-13(21)16(12)22)14(8-15(20)24-17)23-9-11-4-3-7-25-11;3-2(4,5)1(6)7/h3-4,7-8,12-13,16H,2,5-6,9,22H2,1H3,(H,23,24);(H,6,7)/t12-,13+,16+;/m0./s1. The van der Waals surface area contributed by atoms with Gasteiger partial charge in [0.25, 0.3) is 0 Å². The number of aromatic nitrogens is 1. The number of hydrogen-bond acceptors (Lipinski definition) is 6. The number of pyridine rings is 1. The number of nitrogens with zero attached hydrogens (tertiary/aromatic N) is 1. The molecule has 5 nitrogen and oxygen atoms in total. The Hall–Kier alpha value is -1.95. The minimum Gasteiger partial charge on any atom is -0.475 e. The summed E-state index contributed by atoms with van der Waals surface area (Å²) in [6.07, 6.45) is -3.63. The lowest BCUT2D eigenvalue weighted by molar-refractivity contribution is -0.192. The summed E-state index contributed by atoms with van der Waals surface area (Å²) in [5.74, 6) is -2.70. The maximum absolute atomic E-state index is 14.2. The van der Waals surface area contributed by atoms with E-state index in [1.54, 1.807) is 22.7 Å². The first-order chi connectivity index (χ1) is 15.5. The maximum atomic E-state index is 14.2. The van der Waals surface area contributed by atoms with Crippen LogP contribution in [0.3, 0.4) is 0 Å². The monoisotopic (exact) mass is 523 g/mol. The van der Waals surface area contributed by atoms with Gasteiger partial charge in [0, 0.05) is 34.3 Å². The van der Waals surface area contributed by atoms with Crippen molar-refractivity contribution < 1.29 is 27.5 Å². The molecule has 3 aromatic heterocycles. The quantitative estimate of drug-likeness (QED) is 0.268. The topological polar surface area (TPSA) is 88.2 Å². The van der Waals surface area contributed by atoms with Gasteiger partial charge in [-0.15, -0.1) is 22.7 Å². The summed E-state index contributed by atoms with van der Waals surface area (Å²) >= 11 is 9.67. The van der Waals surface area contributed by atoms with E-state index >= 15 is 0 Å². The number of fused-ring (bicyclic) bond motifs is 1. The fourth-order valence-electron chi connectivity index (χ4n) is 3.72. The number of halogens is 5. The smallest absolute Gasteiger partial charge is 0.475 e. The number of rotatable bonds is 4. The van der Waals surface area contributed by atoms with Crippen LogP contribution in [0.1, 0.15) is 40.5 Å². The molecule has 1 aliphatic carbocycles. The number of aliphatic carboxylic acids is 1. The fraction of sp³-hybridized carbons (Fsp3) is 0.429. The average Bonchev–Trinajstić information content (AvgIpc) is 3.37. The van der Waals surface area contributed by atoms with Crippen LogP contribution in [0.25, 0.3) is 10.2 Å². The Balaban J connectivity index is 0.000000383. The van der Waals surface area contributed by atoms with E-state index in [1.807, 2.05) is 12.1 Å². The van der Waals surface area contributed by atoms with Crippen molar-refractivity contribution in [2.75, 3.05) is 5.32 Å². The first-order valence-electron chi connectivity index (χ1n) is 10.0. The van der Waals surface area contributed by atoms with Gasteiger partial charge in [0.2, 0.25) is 0 Å². The molecule has 12 heteroatoms. The number of nitrogens with two attached hydrogens (primary N) is 1. The predicted molar refractivity (Wildman–Crippen MR) is 124 cm³/mol. The highest BCUT2D eigenvalue weighted by molar-refractivity contribution is 7.20. The number of anilines is 1. The molecule has 0 bridgehead atoms. The number of carbonyl (C=O) groups is 1. The van der Waals surface area contributed by atoms with Gasteiger partial charge in [-0.2, -0.15) is 13.2 Å². The molecule has 3 aromatic rings. The largest absolute Gasteiger partial charge is 0.490 e. The van der Waals surface area contributed by atoms with E-state index in [4.69, 9.17) is 27.2 Å². The van der Waals surface area contributed by atoms with Gasteiger partial charge in [-0.3, -0.25) is 0 Å². The van der Waals surface area contributed by atoms with Gasteiger partial charge >= 0.3 is 12.1 Å². The third kappa shape index (κ3) is 6.14. The van der Waals surface area contributed by atoms with Gasteiger partial charge in [0.15, 0.2) is 0 Å². The van der Waals surface area contributed by atoms with Crippen molar-refractivity contribution in [3.8, 4) is 0 Å². The number of thiophene rings is 2. The summed E-state index contributed by atoms with van der Waals surface area (Å²) in [5.41, 5.74) is 9.17. The van der Waals surface area contributed by atoms with Crippen molar-refractivity contribution in [1.82, 2.24) is 4.98 Å². The fourth-order valence-corrected chi connectivity index (χ4v) is 5.99. The molecular weight excluding hydrogens is 502 g/mol. The van der Waals surface area contributed by atoms with E-state index < -0.39 is 24.4 Å². The van der Waals surface area contributed by atoms with E-state index in [2.05, 4.69) is 28.7 Å². The summed E-state index contributed by atoms with van der Waals surface area (Å²) in [6, 6.07) is 5.58. The van der Waals surface area contributed by atoms with Crippen LogP contribution in [0.15, 0.2) is 23.6 Å². The van der Waals surface area contributed by atoms with E-state index in [9.17, 15) is 17.6 Å². The van der Waals surface area contributed by atoms with Crippen molar-refractivity contribution in [2.24, 2.45) is 5.73 Å². The van der Waals surface area contributed by atoms with E-state index in [0.29, 0.717) is 11.6 Å². The van der Waals surface area contributed by atoms with Gasteiger partial charge in [-0.05, 0) is 43.2 Å². The first-order valence-corrected chi connectivity index (χ1v) is 12.1. The minimum atomic E-state index is -5.08. The molecule has 4 rings (SSSR count). The molecule has 0 radical (unpaired) electrons. The van der Waals surface area contributed by atoms with Crippen LogP contribution in [0.2, 0.25) is 5.15 Å². The Morgan fingerprint density at radius 1 is 1.39 bits per heavy atom. The molecule has 4 N–H and O–H groups in total. The van der Waals surface area contributed by atoms with Crippen LogP contribution in [0.4, 0.5) is 23.2 Å². The second kappa shape index (κ2) is 10.5. The molecular formula is C21H22ClF4N3O2S2. The lowest BCUT2D eigenvalue weighted by Gasteiger charge is -2.31. The molecule has 1 aliphatic rings.